The average Bonchev–Trinajstić information content (AvgIpc) is 2.82. The van der Waals surface area contributed by atoms with Gasteiger partial charge in [-0.2, -0.15) is 4.98 Å². The van der Waals surface area contributed by atoms with E-state index in [-0.39, 0.29) is 0 Å². The molecule has 3 aromatic rings. The van der Waals surface area contributed by atoms with Gasteiger partial charge in [0.15, 0.2) is 0 Å². The Kier molecular flexibility index (Phi) is 7.43. The summed E-state index contributed by atoms with van der Waals surface area (Å²) in [5.74, 6) is 2.69. The van der Waals surface area contributed by atoms with Crippen molar-refractivity contribution in [3.05, 3.63) is 54.1 Å². The Morgan fingerprint density at radius 1 is 0.938 bits per heavy atom. The van der Waals surface area contributed by atoms with Crippen molar-refractivity contribution in [2.75, 3.05) is 30.9 Å². The monoisotopic (exact) mass is 433 g/mol. The van der Waals surface area contributed by atoms with Crippen molar-refractivity contribution in [3.63, 3.8) is 0 Å². The SMILES string of the molecule is CCCOc1ccccc1CNC1CCC(Nc2nc(N(C)C)c3ccccc3n2)CC1. The molecule has 170 valence electrons. The Labute approximate surface area is 191 Å². The predicted octanol–water partition coefficient (Wildman–Crippen LogP) is 5.00. The molecule has 4 rings (SSSR count). The molecule has 32 heavy (non-hydrogen) atoms. The van der Waals surface area contributed by atoms with Crippen LogP contribution in [0.15, 0.2) is 48.5 Å². The lowest BCUT2D eigenvalue weighted by Gasteiger charge is -2.30. The first-order valence-corrected chi connectivity index (χ1v) is 11.8. The molecule has 0 radical (unpaired) electrons. The maximum atomic E-state index is 5.90. The summed E-state index contributed by atoms with van der Waals surface area (Å²) in [5, 5.41) is 8.42. The highest BCUT2D eigenvalue weighted by Gasteiger charge is 2.22. The van der Waals surface area contributed by atoms with Crippen LogP contribution in [0.4, 0.5) is 11.8 Å². The van der Waals surface area contributed by atoms with Gasteiger partial charge in [0.05, 0.1) is 12.1 Å². The summed E-state index contributed by atoms with van der Waals surface area (Å²) in [6.07, 6.45) is 5.53. The van der Waals surface area contributed by atoms with Crippen LogP contribution in [-0.2, 0) is 6.54 Å². The Morgan fingerprint density at radius 3 is 2.44 bits per heavy atom. The first-order chi connectivity index (χ1) is 15.6. The third kappa shape index (κ3) is 5.49. The fraction of sp³-hybridized carbons (Fsp3) is 0.462. The quantitative estimate of drug-likeness (QED) is 0.495. The van der Waals surface area contributed by atoms with Crippen LogP contribution >= 0.6 is 0 Å². The molecule has 1 aliphatic rings. The van der Waals surface area contributed by atoms with Crippen molar-refractivity contribution >= 4 is 22.7 Å². The summed E-state index contributed by atoms with van der Waals surface area (Å²) in [6, 6.07) is 17.5. The Hall–Kier alpha value is -2.86. The molecular weight excluding hydrogens is 398 g/mol. The molecule has 0 saturated heterocycles. The van der Waals surface area contributed by atoms with Gasteiger partial charge in [0.2, 0.25) is 5.95 Å². The summed E-state index contributed by atoms with van der Waals surface area (Å²) in [7, 11) is 4.06. The molecule has 0 atom stereocenters. The molecule has 2 N–H and O–H groups in total. The number of hydrogen-bond acceptors (Lipinski definition) is 6. The summed E-state index contributed by atoms with van der Waals surface area (Å²) >= 11 is 0. The lowest BCUT2D eigenvalue weighted by Crippen LogP contribution is -2.37. The zero-order valence-corrected chi connectivity index (χ0v) is 19.5. The van der Waals surface area contributed by atoms with Gasteiger partial charge in [-0.15, -0.1) is 0 Å². The first-order valence-electron chi connectivity index (χ1n) is 11.8. The average molecular weight is 434 g/mol. The van der Waals surface area contributed by atoms with Gasteiger partial charge in [-0.3, -0.25) is 0 Å². The van der Waals surface area contributed by atoms with Gasteiger partial charge in [-0.05, 0) is 50.3 Å². The smallest absolute Gasteiger partial charge is 0.225 e. The largest absolute Gasteiger partial charge is 0.493 e. The topological polar surface area (TPSA) is 62.3 Å². The molecular formula is C26H35N5O. The van der Waals surface area contributed by atoms with Crippen molar-refractivity contribution in [2.45, 2.75) is 57.7 Å². The number of benzene rings is 2. The van der Waals surface area contributed by atoms with Crippen LogP contribution in [0.5, 0.6) is 5.75 Å². The fourth-order valence-electron chi connectivity index (χ4n) is 4.35. The van der Waals surface area contributed by atoms with E-state index < -0.39 is 0 Å². The van der Waals surface area contributed by atoms with Gasteiger partial charge in [0.25, 0.3) is 0 Å². The maximum absolute atomic E-state index is 5.90. The summed E-state index contributed by atoms with van der Waals surface area (Å²) in [6.45, 7) is 3.75. The molecule has 2 aromatic carbocycles. The van der Waals surface area contributed by atoms with Crippen molar-refractivity contribution < 1.29 is 4.74 Å². The normalized spacial score (nSPS) is 18.5. The van der Waals surface area contributed by atoms with Gasteiger partial charge in [-0.1, -0.05) is 37.3 Å². The first kappa shape index (κ1) is 22.3. The van der Waals surface area contributed by atoms with Crippen LogP contribution in [0.1, 0.15) is 44.6 Å². The molecule has 1 aromatic heterocycles. The van der Waals surface area contributed by atoms with E-state index in [2.05, 4.69) is 52.8 Å². The number of rotatable bonds is 9. The number of nitrogens with one attached hydrogen (secondary N) is 2. The molecule has 0 unspecified atom stereocenters. The van der Waals surface area contributed by atoms with E-state index in [1.807, 2.05) is 32.3 Å². The molecule has 0 amide bonds. The third-order valence-corrected chi connectivity index (χ3v) is 6.08. The second-order valence-corrected chi connectivity index (χ2v) is 8.81. The number of anilines is 2. The second kappa shape index (κ2) is 10.6. The van der Waals surface area contributed by atoms with E-state index in [0.717, 1.165) is 73.7 Å². The Bertz CT molecular complexity index is 1010. The second-order valence-electron chi connectivity index (χ2n) is 8.81. The maximum Gasteiger partial charge on any atom is 0.225 e. The Morgan fingerprint density at radius 2 is 1.66 bits per heavy atom. The molecule has 6 nitrogen and oxygen atoms in total. The third-order valence-electron chi connectivity index (χ3n) is 6.08. The molecule has 0 aliphatic heterocycles. The van der Waals surface area contributed by atoms with Crippen LogP contribution in [0.2, 0.25) is 0 Å². The van der Waals surface area contributed by atoms with E-state index in [1.54, 1.807) is 0 Å². The van der Waals surface area contributed by atoms with Crippen molar-refractivity contribution in [1.29, 1.82) is 0 Å². The molecule has 6 heteroatoms. The summed E-state index contributed by atoms with van der Waals surface area (Å²) in [4.78, 5) is 11.6. The van der Waals surface area contributed by atoms with E-state index in [1.165, 1.54) is 5.56 Å². The predicted molar refractivity (Wildman–Crippen MR) is 133 cm³/mol. The van der Waals surface area contributed by atoms with E-state index in [0.29, 0.717) is 12.1 Å². The number of aromatic nitrogens is 2. The van der Waals surface area contributed by atoms with Crippen LogP contribution in [0.3, 0.4) is 0 Å². The minimum Gasteiger partial charge on any atom is -0.493 e. The van der Waals surface area contributed by atoms with Gasteiger partial charge >= 0.3 is 0 Å². The molecule has 0 spiro atoms. The van der Waals surface area contributed by atoms with E-state index in [4.69, 9.17) is 14.7 Å². The number of para-hydroxylation sites is 2. The van der Waals surface area contributed by atoms with Crippen LogP contribution in [-0.4, -0.2) is 42.8 Å². The summed E-state index contributed by atoms with van der Waals surface area (Å²) in [5.41, 5.74) is 2.22. The van der Waals surface area contributed by atoms with E-state index >= 15 is 0 Å². The number of hydrogen-bond donors (Lipinski definition) is 2. The van der Waals surface area contributed by atoms with Crippen molar-refractivity contribution in [3.8, 4) is 5.75 Å². The van der Waals surface area contributed by atoms with Crippen molar-refractivity contribution in [2.24, 2.45) is 0 Å². The minimum absolute atomic E-state index is 0.407. The summed E-state index contributed by atoms with van der Waals surface area (Å²) < 4.78 is 5.90. The van der Waals surface area contributed by atoms with Crippen LogP contribution in [0.25, 0.3) is 10.9 Å². The fourth-order valence-corrected chi connectivity index (χ4v) is 4.35. The molecule has 1 heterocycles. The highest BCUT2D eigenvalue weighted by Crippen LogP contribution is 2.27. The van der Waals surface area contributed by atoms with Crippen molar-refractivity contribution in [1.82, 2.24) is 15.3 Å². The standard InChI is InChI=1S/C26H35N5O/c1-4-17-32-24-12-8-5-9-19(24)18-27-20-13-15-21(16-14-20)28-26-29-23-11-7-6-10-22(23)25(30-26)31(2)3/h5-12,20-21,27H,4,13-18H2,1-3H3,(H,28,29,30). The van der Waals surface area contributed by atoms with Crippen LogP contribution < -0.4 is 20.3 Å². The Balaban J connectivity index is 1.32. The number of nitrogens with zero attached hydrogens (tertiary/aromatic N) is 3. The highest BCUT2D eigenvalue weighted by atomic mass is 16.5. The minimum atomic E-state index is 0.407. The zero-order valence-electron chi connectivity index (χ0n) is 19.5. The molecule has 1 aliphatic carbocycles. The van der Waals surface area contributed by atoms with Gasteiger partial charge in [0.1, 0.15) is 11.6 Å². The molecule has 1 saturated carbocycles. The van der Waals surface area contributed by atoms with Gasteiger partial charge in [-0.25, -0.2) is 4.98 Å². The molecule has 0 bridgehead atoms. The van der Waals surface area contributed by atoms with Gasteiger partial charge in [0, 0.05) is 43.7 Å². The number of fused-ring (bicyclic) bond motifs is 1. The van der Waals surface area contributed by atoms with Crippen LogP contribution in [0, 0.1) is 0 Å². The van der Waals surface area contributed by atoms with Gasteiger partial charge < -0.3 is 20.3 Å². The lowest BCUT2D eigenvalue weighted by atomic mass is 9.91. The van der Waals surface area contributed by atoms with E-state index in [9.17, 15) is 0 Å². The highest BCUT2D eigenvalue weighted by molar-refractivity contribution is 5.90. The lowest BCUT2D eigenvalue weighted by molar-refractivity contribution is 0.309. The number of ether oxygens (including phenoxy) is 1. The molecule has 1 fully saturated rings. The zero-order chi connectivity index (χ0) is 22.3.